The van der Waals surface area contributed by atoms with Crippen LogP contribution in [0.25, 0.3) is 0 Å². The Kier molecular flexibility index (Phi) is 4.67. The van der Waals surface area contributed by atoms with Crippen LogP contribution < -0.4 is 14.9 Å². The van der Waals surface area contributed by atoms with Crippen molar-refractivity contribution in [1.29, 1.82) is 0 Å². The molecule has 1 heterocycles. The van der Waals surface area contributed by atoms with Gasteiger partial charge in [0.15, 0.2) is 11.5 Å². The highest BCUT2D eigenvalue weighted by atomic mass is 16.5. The topological polar surface area (TPSA) is 93.3 Å². The van der Waals surface area contributed by atoms with Crippen LogP contribution in [-0.2, 0) is 0 Å². The molecule has 7 nitrogen and oxygen atoms in total. The molecule has 0 aliphatic rings. The van der Waals surface area contributed by atoms with Gasteiger partial charge in [-0.3, -0.25) is 4.79 Å². The van der Waals surface area contributed by atoms with Gasteiger partial charge in [0.05, 0.1) is 32.3 Å². The lowest BCUT2D eigenvalue weighted by Crippen LogP contribution is -2.17. The van der Waals surface area contributed by atoms with Crippen molar-refractivity contribution < 1.29 is 23.8 Å². The fourth-order valence-corrected chi connectivity index (χ4v) is 1.83. The number of hydrazone groups is 1. The first kappa shape index (κ1) is 15.4. The lowest BCUT2D eigenvalue weighted by molar-refractivity contribution is 0.0953. The molecule has 0 aliphatic carbocycles. The smallest absolute Gasteiger partial charge is 0.274 e. The van der Waals surface area contributed by atoms with Crippen molar-refractivity contribution in [2.24, 2.45) is 5.10 Å². The molecule has 0 saturated heterocycles. The summed E-state index contributed by atoms with van der Waals surface area (Å²) in [7, 11) is 2.86. The molecule has 2 N–H and O–H groups in total. The molecule has 0 saturated carbocycles. The quantitative estimate of drug-likeness (QED) is 0.651. The number of nitrogens with zero attached hydrogens (tertiary/aromatic N) is 1. The molecule has 0 atom stereocenters. The SMILES string of the molecule is COc1cc(C=NNC(=O)c2ccoc2C)cc(OC)c1O. The maximum absolute atomic E-state index is 11.8. The molecule has 0 radical (unpaired) electrons. The average Bonchev–Trinajstić information content (AvgIpc) is 2.94. The van der Waals surface area contributed by atoms with Gasteiger partial charge in [0.25, 0.3) is 5.91 Å². The van der Waals surface area contributed by atoms with E-state index in [-0.39, 0.29) is 23.2 Å². The van der Waals surface area contributed by atoms with Crippen LogP contribution in [0.3, 0.4) is 0 Å². The predicted molar refractivity (Wildman–Crippen MR) is 79.7 cm³/mol. The van der Waals surface area contributed by atoms with Crippen molar-refractivity contribution in [1.82, 2.24) is 5.43 Å². The predicted octanol–water partition coefficient (Wildman–Crippen LogP) is 2.07. The molecular weight excluding hydrogens is 288 g/mol. The Morgan fingerprint density at radius 2 is 1.95 bits per heavy atom. The summed E-state index contributed by atoms with van der Waals surface area (Å²) in [6.45, 7) is 1.69. The summed E-state index contributed by atoms with van der Waals surface area (Å²) < 4.78 is 15.1. The Morgan fingerprint density at radius 3 is 2.45 bits per heavy atom. The molecule has 2 rings (SSSR count). The second-order valence-electron chi connectivity index (χ2n) is 4.36. The molecule has 116 valence electrons. The zero-order valence-corrected chi connectivity index (χ0v) is 12.4. The molecular formula is C15H16N2O5. The molecule has 1 aromatic carbocycles. The molecule has 7 heteroatoms. The minimum atomic E-state index is -0.375. The van der Waals surface area contributed by atoms with E-state index in [4.69, 9.17) is 13.9 Å². The minimum Gasteiger partial charge on any atom is -0.502 e. The number of furan rings is 1. The van der Waals surface area contributed by atoms with E-state index in [2.05, 4.69) is 10.5 Å². The summed E-state index contributed by atoms with van der Waals surface area (Å²) in [5, 5.41) is 13.7. The van der Waals surface area contributed by atoms with Crippen LogP contribution in [0.15, 0.2) is 34.0 Å². The number of benzene rings is 1. The number of phenolic OH excluding ortho intramolecular Hbond substituents is 1. The molecule has 0 unspecified atom stereocenters. The second kappa shape index (κ2) is 6.66. The number of amides is 1. The molecule has 0 aliphatic heterocycles. The molecule has 22 heavy (non-hydrogen) atoms. The summed E-state index contributed by atoms with van der Waals surface area (Å²) in [5.41, 5.74) is 3.40. The summed E-state index contributed by atoms with van der Waals surface area (Å²) in [6.07, 6.45) is 2.85. The van der Waals surface area contributed by atoms with E-state index < -0.39 is 0 Å². The van der Waals surface area contributed by atoms with Gasteiger partial charge in [-0.15, -0.1) is 0 Å². The van der Waals surface area contributed by atoms with Crippen LogP contribution in [-0.4, -0.2) is 31.4 Å². The van der Waals surface area contributed by atoms with Crippen LogP contribution in [0.1, 0.15) is 21.7 Å². The van der Waals surface area contributed by atoms with E-state index in [0.29, 0.717) is 16.9 Å². The summed E-state index contributed by atoms with van der Waals surface area (Å²) in [5.74, 6) is 0.539. The van der Waals surface area contributed by atoms with Gasteiger partial charge in [0, 0.05) is 5.56 Å². The summed E-state index contributed by atoms with van der Waals surface area (Å²) in [4.78, 5) is 11.8. The number of carbonyl (C=O) groups is 1. The molecule has 2 aromatic rings. The summed E-state index contributed by atoms with van der Waals surface area (Å²) in [6, 6.07) is 4.69. The van der Waals surface area contributed by atoms with Gasteiger partial charge in [-0.05, 0) is 25.1 Å². The third kappa shape index (κ3) is 3.20. The van der Waals surface area contributed by atoms with E-state index in [0.717, 1.165) is 0 Å². The Balaban J connectivity index is 2.13. The maximum atomic E-state index is 11.8. The normalized spacial score (nSPS) is 10.7. The van der Waals surface area contributed by atoms with E-state index in [1.54, 1.807) is 25.1 Å². The highest BCUT2D eigenvalue weighted by molar-refractivity contribution is 5.95. The number of hydrogen-bond acceptors (Lipinski definition) is 6. The number of rotatable bonds is 5. The minimum absolute atomic E-state index is 0.0970. The van der Waals surface area contributed by atoms with E-state index in [9.17, 15) is 9.90 Å². The van der Waals surface area contributed by atoms with Gasteiger partial charge < -0.3 is 19.0 Å². The molecule has 0 bridgehead atoms. The number of phenols is 1. The van der Waals surface area contributed by atoms with E-state index >= 15 is 0 Å². The van der Waals surface area contributed by atoms with Crippen molar-refractivity contribution in [3.63, 3.8) is 0 Å². The number of aryl methyl sites for hydroxylation is 1. The second-order valence-corrected chi connectivity index (χ2v) is 4.36. The fourth-order valence-electron chi connectivity index (χ4n) is 1.83. The Hall–Kier alpha value is -2.96. The Morgan fingerprint density at radius 1 is 1.32 bits per heavy atom. The van der Waals surface area contributed by atoms with Crippen molar-refractivity contribution in [3.8, 4) is 17.2 Å². The zero-order valence-electron chi connectivity index (χ0n) is 12.4. The fraction of sp³-hybridized carbons (Fsp3) is 0.200. The first-order valence-corrected chi connectivity index (χ1v) is 6.39. The van der Waals surface area contributed by atoms with E-state index in [1.807, 2.05) is 0 Å². The van der Waals surface area contributed by atoms with Crippen LogP contribution in [0.5, 0.6) is 17.2 Å². The van der Waals surface area contributed by atoms with Gasteiger partial charge in [0.1, 0.15) is 5.76 Å². The van der Waals surface area contributed by atoms with Crippen molar-refractivity contribution in [2.75, 3.05) is 14.2 Å². The van der Waals surface area contributed by atoms with Crippen LogP contribution in [0, 0.1) is 6.92 Å². The third-order valence-electron chi connectivity index (χ3n) is 2.99. The number of aromatic hydroxyl groups is 1. The highest BCUT2D eigenvalue weighted by Gasteiger charge is 2.11. The number of nitrogens with one attached hydrogen (secondary N) is 1. The highest BCUT2D eigenvalue weighted by Crippen LogP contribution is 2.36. The molecule has 0 spiro atoms. The van der Waals surface area contributed by atoms with Crippen LogP contribution >= 0.6 is 0 Å². The average molecular weight is 304 g/mol. The first-order valence-electron chi connectivity index (χ1n) is 6.39. The van der Waals surface area contributed by atoms with Crippen molar-refractivity contribution in [2.45, 2.75) is 6.92 Å². The number of methoxy groups -OCH3 is 2. The first-order chi connectivity index (χ1) is 10.6. The Bertz CT molecular complexity index is 681. The molecule has 1 aromatic heterocycles. The largest absolute Gasteiger partial charge is 0.502 e. The van der Waals surface area contributed by atoms with Gasteiger partial charge >= 0.3 is 0 Å². The Labute approximate surface area is 127 Å². The van der Waals surface area contributed by atoms with Gasteiger partial charge in [-0.1, -0.05) is 0 Å². The zero-order chi connectivity index (χ0) is 16.1. The number of carbonyl (C=O) groups excluding carboxylic acids is 1. The number of ether oxygens (including phenoxy) is 2. The maximum Gasteiger partial charge on any atom is 0.274 e. The van der Waals surface area contributed by atoms with Gasteiger partial charge in [0.2, 0.25) is 5.75 Å². The van der Waals surface area contributed by atoms with Gasteiger partial charge in [-0.25, -0.2) is 5.43 Å². The third-order valence-corrected chi connectivity index (χ3v) is 2.99. The van der Waals surface area contributed by atoms with Crippen LogP contribution in [0.2, 0.25) is 0 Å². The van der Waals surface area contributed by atoms with Crippen molar-refractivity contribution >= 4 is 12.1 Å². The summed E-state index contributed by atoms with van der Waals surface area (Å²) >= 11 is 0. The lowest BCUT2D eigenvalue weighted by atomic mass is 10.2. The molecule has 0 fully saturated rings. The molecule has 1 amide bonds. The van der Waals surface area contributed by atoms with Crippen LogP contribution in [0.4, 0.5) is 0 Å². The number of hydrogen-bond donors (Lipinski definition) is 2. The van der Waals surface area contributed by atoms with Gasteiger partial charge in [-0.2, -0.15) is 5.10 Å². The van der Waals surface area contributed by atoms with Crippen molar-refractivity contribution in [3.05, 3.63) is 41.3 Å². The monoisotopic (exact) mass is 304 g/mol. The van der Waals surface area contributed by atoms with E-state index in [1.165, 1.54) is 26.7 Å². The standard InChI is InChI=1S/C15H16N2O5/c1-9-11(4-5-22-9)15(19)17-16-8-10-6-12(20-2)14(18)13(7-10)21-3/h4-8,18H,1-3H3,(H,17,19). The lowest BCUT2D eigenvalue weighted by Gasteiger charge is -2.09.